The van der Waals surface area contributed by atoms with Gasteiger partial charge in [0, 0.05) is 28.2 Å². The number of hydrogen-bond acceptors (Lipinski definition) is 5. The third kappa shape index (κ3) is 4.00. The first-order chi connectivity index (χ1) is 15.0. The van der Waals surface area contributed by atoms with E-state index >= 15 is 0 Å². The van der Waals surface area contributed by atoms with E-state index < -0.39 is 0 Å². The zero-order valence-corrected chi connectivity index (χ0v) is 17.9. The highest BCUT2D eigenvalue weighted by Gasteiger charge is 2.16. The molecule has 0 atom stereocenters. The fourth-order valence-corrected chi connectivity index (χ4v) is 3.85. The van der Waals surface area contributed by atoms with Crippen molar-refractivity contribution in [2.75, 3.05) is 5.32 Å². The largest absolute Gasteiger partial charge is 0.378 e. The maximum atomic E-state index is 6.19. The molecule has 4 aromatic heterocycles. The van der Waals surface area contributed by atoms with Crippen molar-refractivity contribution in [2.24, 2.45) is 0 Å². The molecule has 1 aromatic carbocycles. The number of halogens is 1. The second kappa shape index (κ2) is 7.85. The maximum absolute atomic E-state index is 6.19. The Balaban J connectivity index is 1.54. The van der Waals surface area contributed by atoms with E-state index in [4.69, 9.17) is 21.6 Å². The van der Waals surface area contributed by atoms with E-state index in [2.05, 4.69) is 26.4 Å². The van der Waals surface area contributed by atoms with Crippen molar-refractivity contribution >= 4 is 22.9 Å². The molecule has 0 aliphatic rings. The predicted octanol–water partition coefficient (Wildman–Crippen LogP) is 5.06. The fourth-order valence-electron chi connectivity index (χ4n) is 3.56. The zero-order valence-electron chi connectivity index (χ0n) is 17.1. The van der Waals surface area contributed by atoms with Gasteiger partial charge in [-0.05, 0) is 61.9 Å². The quantitative estimate of drug-likeness (QED) is 0.407. The summed E-state index contributed by atoms with van der Waals surface area (Å²) in [6, 6.07) is 15.8. The number of aromatic amines is 1. The molecule has 8 heteroatoms. The predicted molar refractivity (Wildman–Crippen MR) is 122 cm³/mol. The minimum Gasteiger partial charge on any atom is -0.378 e. The molecular weight excluding hydrogens is 410 g/mol. The Labute approximate surface area is 184 Å². The first kappa shape index (κ1) is 19.3. The van der Waals surface area contributed by atoms with Crippen LogP contribution in [0.3, 0.4) is 0 Å². The van der Waals surface area contributed by atoms with E-state index in [1.807, 2.05) is 62.5 Å². The van der Waals surface area contributed by atoms with Gasteiger partial charge in [0.05, 0.1) is 23.6 Å². The summed E-state index contributed by atoms with van der Waals surface area (Å²) >= 11 is 6.19. The van der Waals surface area contributed by atoms with Crippen LogP contribution in [0.4, 0.5) is 5.69 Å². The molecule has 0 fully saturated rings. The molecule has 0 spiro atoms. The number of nitrogens with one attached hydrogen (secondary N) is 2. The van der Waals surface area contributed by atoms with Gasteiger partial charge in [0.15, 0.2) is 5.65 Å². The van der Waals surface area contributed by atoms with Crippen LogP contribution in [-0.2, 0) is 6.54 Å². The van der Waals surface area contributed by atoms with Gasteiger partial charge in [-0.15, -0.1) is 0 Å². The van der Waals surface area contributed by atoms with Crippen molar-refractivity contribution in [1.29, 1.82) is 0 Å². The number of imidazole rings is 1. The Morgan fingerprint density at radius 3 is 2.81 bits per heavy atom. The van der Waals surface area contributed by atoms with E-state index in [0.29, 0.717) is 11.6 Å². The molecule has 0 unspecified atom stereocenters. The molecule has 0 radical (unpaired) electrons. The lowest BCUT2D eigenvalue weighted by atomic mass is 10.1. The van der Waals surface area contributed by atoms with Gasteiger partial charge in [-0.2, -0.15) is 5.10 Å². The molecule has 0 aliphatic carbocycles. The third-order valence-corrected chi connectivity index (χ3v) is 5.17. The van der Waals surface area contributed by atoms with Crippen LogP contribution < -0.4 is 5.32 Å². The number of anilines is 1. The molecule has 5 aromatic rings. The summed E-state index contributed by atoms with van der Waals surface area (Å²) in [5, 5.41) is 8.35. The van der Waals surface area contributed by atoms with Crippen LogP contribution in [0.1, 0.15) is 17.1 Å². The van der Waals surface area contributed by atoms with Crippen LogP contribution >= 0.6 is 11.6 Å². The summed E-state index contributed by atoms with van der Waals surface area (Å²) in [5.74, 6) is 0.796. The van der Waals surface area contributed by atoms with Crippen LogP contribution in [-0.4, -0.2) is 29.5 Å². The first-order valence-electron chi connectivity index (χ1n) is 9.89. The topological polar surface area (TPSA) is 83.8 Å². The average molecular weight is 430 g/mol. The van der Waals surface area contributed by atoms with Crippen LogP contribution in [0.2, 0.25) is 5.02 Å². The number of fused-ring (bicyclic) bond motifs is 1. The minimum absolute atomic E-state index is 0.518. The van der Waals surface area contributed by atoms with Crippen LogP contribution in [0, 0.1) is 13.8 Å². The van der Waals surface area contributed by atoms with Crippen LogP contribution in [0.25, 0.3) is 28.3 Å². The second-order valence-electron chi connectivity index (χ2n) is 7.42. The maximum Gasteiger partial charge on any atom is 0.155 e. The Bertz CT molecular complexity index is 1370. The number of aromatic nitrogens is 6. The number of benzene rings is 1. The molecule has 31 heavy (non-hydrogen) atoms. The molecule has 0 aliphatic heterocycles. The van der Waals surface area contributed by atoms with Crippen molar-refractivity contribution in [1.82, 2.24) is 29.5 Å². The molecule has 2 N–H and O–H groups in total. The van der Waals surface area contributed by atoms with Gasteiger partial charge in [0.1, 0.15) is 12.2 Å². The van der Waals surface area contributed by atoms with E-state index in [-0.39, 0.29) is 0 Å². The van der Waals surface area contributed by atoms with Crippen molar-refractivity contribution < 1.29 is 0 Å². The molecule has 0 saturated carbocycles. The number of rotatable bonds is 5. The molecule has 0 bridgehead atoms. The summed E-state index contributed by atoms with van der Waals surface area (Å²) in [6.45, 7) is 4.51. The average Bonchev–Trinajstić information content (AvgIpc) is 3.38. The van der Waals surface area contributed by atoms with Gasteiger partial charge in [-0.1, -0.05) is 17.7 Å². The van der Waals surface area contributed by atoms with Gasteiger partial charge < -0.3 is 10.3 Å². The Morgan fingerprint density at radius 1 is 1.06 bits per heavy atom. The van der Waals surface area contributed by atoms with Gasteiger partial charge in [-0.3, -0.25) is 4.98 Å². The van der Waals surface area contributed by atoms with Crippen molar-refractivity contribution in [2.45, 2.75) is 20.4 Å². The number of hydrogen-bond donors (Lipinski definition) is 2. The summed E-state index contributed by atoms with van der Waals surface area (Å²) in [5.41, 5.74) is 7.22. The first-order valence-corrected chi connectivity index (χ1v) is 10.3. The molecule has 154 valence electrons. The molecule has 0 amide bonds. The molecule has 5 rings (SSSR count). The monoisotopic (exact) mass is 429 g/mol. The van der Waals surface area contributed by atoms with Crippen LogP contribution in [0.5, 0.6) is 0 Å². The Hall–Kier alpha value is -3.71. The number of H-pyrrole nitrogens is 1. The van der Waals surface area contributed by atoms with Crippen molar-refractivity contribution in [3.63, 3.8) is 0 Å². The van der Waals surface area contributed by atoms with Gasteiger partial charge in [-0.25, -0.2) is 14.5 Å². The number of aryl methyl sites for hydroxylation is 2. The summed E-state index contributed by atoms with van der Waals surface area (Å²) < 4.78 is 1.74. The Kier molecular flexibility index (Phi) is 4.88. The van der Waals surface area contributed by atoms with Gasteiger partial charge in [0.2, 0.25) is 0 Å². The molecule has 4 heterocycles. The highest BCUT2D eigenvalue weighted by atomic mass is 35.5. The highest BCUT2D eigenvalue weighted by Crippen LogP contribution is 2.30. The summed E-state index contributed by atoms with van der Waals surface area (Å²) in [6.07, 6.45) is 3.46. The molecule has 0 saturated heterocycles. The van der Waals surface area contributed by atoms with Crippen molar-refractivity contribution in [3.8, 4) is 22.6 Å². The standard InChI is InChI=1S/C23H20ClN7/c1-14-8-17(24)10-18(9-14)25-11-20-29-22(16-6-7-21-26-13-27-31(21)12-16)23(30-20)19-5-3-4-15(2)28-19/h3-10,12-13,25H,11H2,1-2H3,(H,29,30). The minimum atomic E-state index is 0.518. The van der Waals surface area contributed by atoms with E-state index in [1.54, 1.807) is 4.52 Å². The molecular formula is C23H20ClN7. The summed E-state index contributed by atoms with van der Waals surface area (Å²) in [7, 11) is 0. The van der Waals surface area contributed by atoms with E-state index in [0.717, 1.165) is 51.1 Å². The van der Waals surface area contributed by atoms with E-state index in [9.17, 15) is 0 Å². The lowest BCUT2D eigenvalue weighted by Crippen LogP contribution is -2.01. The lowest BCUT2D eigenvalue weighted by Gasteiger charge is -2.06. The second-order valence-corrected chi connectivity index (χ2v) is 7.86. The summed E-state index contributed by atoms with van der Waals surface area (Å²) in [4.78, 5) is 17.2. The third-order valence-electron chi connectivity index (χ3n) is 4.95. The van der Waals surface area contributed by atoms with Crippen molar-refractivity contribution in [3.05, 3.63) is 83.2 Å². The zero-order chi connectivity index (χ0) is 21.4. The van der Waals surface area contributed by atoms with Gasteiger partial charge >= 0.3 is 0 Å². The highest BCUT2D eigenvalue weighted by molar-refractivity contribution is 6.30. The SMILES string of the molecule is Cc1cc(Cl)cc(NCc2nc(-c3ccc4ncnn4c3)c(-c3cccc(C)n3)[nH]2)c1. The number of nitrogens with zero attached hydrogens (tertiary/aromatic N) is 5. The van der Waals surface area contributed by atoms with E-state index in [1.165, 1.54) is 6.33 Å². The van der Waals surface area contributed by atoms with Crippen LogP contribution in [0.15, 0.2) is 61.1 Å². The number of pyridine rings is 2. The fraction of sp³-hybridized carbons (Fsp3) is 0.130. The molecule has 7 nitrogen and oxygen atoms in total. The normalized spacial score (nSPS) is 11.2. The lowest BCUT2D eigenvalue weighted by molar-refractivity contribution is 0.960. The Morgan fingerprint density at radius 2 is 1.97 bits per heavy atom. The smallest absolute Gasteiger partial charge is 0.155 e. The van der Waals surface area contributed by atoms with Gasteiger partial charge in [0.25, 0.3) is 0 Å².